The van der Waals surface area contributed by atoms with Crippen molar-refractivity contribution in [3.8, 4) is 0 Å². The Morgan fingerprint density at radius 1 is 1.62 bits per heavy atom. The predicted molar refractivity (Wildman–Crippen MR) is 58.6 cm³/mol. The maximum Gasteiger partial charge on any atom is 0.433 e. The number of likely N-dealkylation sites (tertiary alicyclic amines) is 1. The summed E-state index contributed by atoms with van der Waals surface area (Å²) in [4.78, 5) is 23.5. The van der Waals surface area contributed by atoms with Crippen LogP contribution in [0.2, 0.25) is 0 Å². The van der Waals surface area contributed by atoms with Crippen LogP contribution in [0.1, 0.15) is 17.0 Å². The predicted octanol–water partition coefficient (Wildman–Crippen LogP) is 1.80. The van der Waals surface area contributed by atoms with E-state index in [0.29, 0.717) is 17.9 Å². The maximum atomic E-state index is 11.8. The Kier molecular flexibility index (Phi) is 2.95. The number of furan rings is 1. The van der Waals surface area contributed by atoms with Gasteiger partial charge in [-0.15, -0.1) is 0 Å². The molecule has 1 unspecified atom stereocenters. The molecule has 0 aromatic carbocycles. The molecule has 0 spiro atoms. The summed E-state index contributed by atoms with van der Waals surface area (Å²) in [6.45, 7) is 1.25. The molecule has 86 valence electrons. The summed E-state index contributed by atoms with van der Waals surface area (Å²) in [5.41, 5.74) is 0. The normalized spacial score (nSPS) is 20.1. The van der Waals surface area contributed by atoms with Gasteiger partial charge >= 0.3 is 5.88 Å². The van der Waals surface area contributed by atoms with Crippen molar-refractivity contribution in [3.63, 3.8) is 0 Å². The summed E-state index contributed by atoms with van der Waals surface area (Å²) >= 11 is 3.42. The van der Waals surface area contributed by atoms with Gasteiger partial charge in [0.2, 0.25) is 0 Å². The quantitative estimate of drug-likeness (QED) is 0.472. The minimum atomic E-state index is -0.659. The Hall–Kier alpha value is -1.37. The second-order valence-electron chi connectivity index (χ2n) is 3.53. The number of nitrogens with zero attached hydrogens (tertiary/aromatic N) is 2. The third kappa shape index (κ3) is 2.08. The molecule has 6 nitrogen and oxygen atoms in total. The highest BCUT2D eigenvalue weighted by Gasteiger charge is 2.28. The smallest absolute Gasteiger partial charge is 0.395 e. The van der Waals surface area contributed by atoms with Crippen LogP contribution < -0.4 is 0 Å². The highest BCUT2D eigenvalue weighted by molar-refractivity contribution is 9.09. The molecule has 2 heterocycles. The van der Waals surface area contributed by atoms with Gasteiger partial charge in [0.1, 0.15) is 4.92 Å². The van der Waals surface area contributed by atoms with Crippen molar-refractivity contribution in [2.45, 2.75) is 11.2 Å². The number of alkyl halides is 1. The molecule has 1 saturated heterocycles. The van der Waals surface area contributed by atoms with E-state index in [0.717, 1.165) is 6.42 Å². The molecule has 1 amide bonds. The van der Waals surface area contributed by atoms with Crippen molar-refractivity contribution < 1.29 is 14.1 Å². The van der Waals surface area contributed by atoms with Crippen LogP contribution in [-0.4, -0.2) is 33.6 Å². The maximum absolute atomic E-state index is 11.8. The van der Waals surface area contributed by atoms with Crippen molar-refractivity contribution in [3.05, 3.63) is 28.0 Å². The van der Waals surface area contributed by atoms with E-state index in [1.54, 1.807) is 4.90 Å². The third-order valence-electron chi connectivity index (χ3n) is 2.40. The highest BCUT2D eigenvalue weighted by atomic mass is 79.9. The Morgan fingerprint density at radius 3 is 2.88 bits per heavy atom. The van der Waals surface area contributed by atoms with Gasteiger partial charge in [-0.1, -0.05) is 15.9 Å². The first kappa shape index (κ1) is 11.1. The van der Waals surface area contributed by atoms with Crippen molar-refractivity contribution in [2.75, 3.05) is 13.1 Å². The van der Waals surface area contributed by atoms with Gasteiger partial charge in [0, 0.05) is 17.9 Å². The van der Waals surface area contributed by atoms with E-state index in [4.69, 9.17) is 4.42 Å². The van der Waals surface area contributed by atoms with E-state index in [9.17, 15) is 14.9 Å². The zero-order chi connectivity index (χ0) is 11.7. The van der Waals surface area contributed by atoms with Crippen LogP contribution >= 0.6 is 15.9 Å². The first-order valence-electron chi connectivity index (χ1n) is 4.75. The number of hydrogen-bond acceptors (Lipinski definition) is 4. The number of carbonyl (C=O) groups excluding carboxylic acids is 1. The lowest BCUT2D eigenvalue weighted by atomic mass is 10.4. The van der Waals surface area contributed by atoms with E-state index in [1.165, 1.54) is 12.1 Å². The van der Waals surface area contributed by atoms with Gasteiger partial charge in [0.15, 0.2) is 5.76 Å². The van der Waals surface area contributed by atoms with Crippen LogP contribution in [0.3, 0.4) is 0 Å². The van der Waals surface area contributed by atoms with Gasteiger partial charge in [-0.05, 0) is 12.5 Å². The number of carbonyl (C=O) groups is 1. The third-order valence-corrected chi connectivity index (χ3v) is 3.15. The average Bonchev–Trinajstić information content (AvgIpc) is 2.84. The Labute approximate surface area is 99.5 Å². The fraction of sp³-hybridized carbons (Fsp3) is 0.444. The largest absolute Gasteiger partial charge is 0.433 e. The fourth-order valence-corrected chi connectivity index (χ4v) is 2.15. The zero-order valence-corrected chi connectivity index (χ0v) is 9.84. The lowest BCUT2D eigenvalue weighted by molar-refractivity contribution is -0.402. The molecule has 2 rings (SSSR count). The molecule has 1 aliphatic rings. The molecule has 7 heteroatoms. The van der Waals surface area contributed by atoms with Crippen LogP contribution in [0.15, 0.2) is 16.5 Å². The standard InChI is InChI=1S/C9H9BrN2O4/c10-6-3-4-11(5-6)9(13)7-1-2-8(16-7)12(14)15/h1-2,6H,3-5H2. The van der Waals surface area contributed by atoms with Gasteiger partial charge in [0.25, 0.3) is 5.91 Å². The summed E-state index contributed by atoms with van der Waals surface area (Å²) < 4.78 is 4.85. The molecule has 0 bridgehead atoms. The number of rotatable bonds is 2. The summed E-state index contributed by atoms with van der Waals surface area (Å²) in [6, 6.07) is 2.52. The van der Waals surface area contributed by atoms with E-state index < -0.39 is 10.8 Å². The highest BCUT2D eigenvalue weighted by Crippen LogP contribution is 2.21. The monoisotopic (exact) mass is 288 g/mol. The molecule has 1 aromatic rings. The number of halogens is 1. The number of amides is 1. The molecular formula is C9H9BrN2O4. The number of nitro groups is 1. The van der Waals surface area contributed by atoms with Gasteiger partial charge in [0.05, 0.1) is 6.07 Å². The summed E-state index contributed by atoms with van der Waals surface area (Å²) in [7, 11) is 0. The van der Waals surface area contributed by atoms with E-state index >= 15 is 0 Å². The molecule has 0 N–H and O–H groups in total. The molecule has 0 radical (unpaired) electrons. The van der Waals surface area contributed by atoms with Gasteiger partial charge in [-0.25, -0.2) is 0 Å². The van der Waals surface area contributed by atoms with Crippen molar-refractivity contribution >= 4 is 27.7 Å². The van der Waals surface area contributed by atoms with Crippen molar-refractivity contribution in [1.82, 2.24) is 4.90 Å². The second-order valence-corrected chi connectivity index (χ2v) is 4.83. The van der Waals surface area contributed by atoms with Crippen LogP contribution in [-0.2, 0) is 0 Å². The van der Waals surface area contributed by atoms with Crippen LogP contribution in [0, 0.1) is 10.1 Å². The molecule has 1 fully saturated rings. The Bertz CT molecular complexity index is 431. The zero-order valence-electron chi connectivity index (χ0n) is 8.26. The van der Waals surface area contributed by atoms with E-state index in [1.807, 2.05) is 0 Å². The second kappa shape index (κ2) is 4.25. The van der Waals surface area contributed by atoms with Crippen LogP contribution in [0.4, 0.5) is 5.88 Å². The topological polar surface area (TPSA) is 76.6 Å². The molecule has 1 aromatic heterocycles. The summed E-state index contributed by atoms with van der Waals surface area (Å²) in [6.07, 6.45) is 0.883. The lowest BCUT2D eigenvalue weighted by Crippen LogP contribution is -2.28. The molecule has 1 aliphatic heterocycles. The van der Waals surface area contributed by atoms with Crippen LogP contribution in [0.5, 0.6) is 0 Å². The SMILES string of the molecule is O=C(c1ccc([N+](=O)[O-])o1)N1CCC(Br)C1. The summed E-state index contributed by atoms with van der Waals surface area (Å²) in [5, 5.41) is 10.4. The van der Waals surface area contributed by atoms with Crippen LogP contribution in [0.25, 0.3) is 0 Å². The molecular weight excluding hydrogens is 280 g/mol. The van der Waals surface area contributed by atoms with E-state index in [-0.39, 0.29) is 11.7 Å². The Morgan fingerprint density at radius 2 is 2.38 bits per heavy atom. The number of hydrogen-bond donors (Lipinski definition) is 0. The first-order chi connectivity index (χ1) is 7.58. The molecule has 1 atom stereocenters. The van der Waals surface area contributed by atoms with Gasteiger partial charge in [-0.3, -0.25) is 14.9 Å². The van der Waals surface area contributed by atoms with Crippen molar-refractivity contribution in [2.24, 2.45) is 0 Å². The van der Waals surface area contributed by atoms with Gasteiger partial charge in [-0.2, -0.15) is 0 Å². The first-order valence-corrected chi connectivity index (χ1v) is 5.67. The summed E-state index contributed by atoms with van der Waals surface area (Å²) in [5.74, 6) is -0.679. The van der Waals surface area contributed by atoms with Gasteiger partial charge < -0.3 is 9.32 Å². The minimum Gasteiger partial charge on any atom is -0.395 e. The fourth-order valence-electron chi connectivity index (χ4n) is 1.60. The molecule has 0 aliphatic carbocycles. The lowest BCUT2D eigenvalue weighted by Gasteiger charge is -2.12. The minimum absolute atomic E-state index is 0.0216. The molecule has 0 saturated carbocycles. The Balaban J connectivity index is 2.11. The average molecular weight is 289 g/mol. The van der Waals surface area contributed by atoms with Crippen molar-refractivity contribution in [1.29, 1.82) is 0 Å². The van der Waals surface area contributed by atoms with E-state index in [2.05, 4.69) is 15.9 Å². The molecule has 16 heavy (non-hydrogen) atoms.